The van der Waals surface area contributed by atoms with Gasteiger partial charge in [0.05, 0.1) is 16.7 Å². The first-order valence-electron chi connectivity index (χ1n) is 8.29. The summed E-state index contributed by atoms with van der Waals surface area (Å²) in [6, 6.07) is 7.92. The molecule has 1 aromatic carbocycles. The molecule has 1 aliphatic heterocycles. The van der Waals surface area contributed by atoms with Gasteiger partial charge in [0.1, 0.15) is 0 Å². The summed E-state index contributed by atoms with van der Waals surface area (Å²) >= 11 is 0. The van der Waals surface area contributed by atoms with Gasteiger partial charge in [0.2, 0.25) is 5.91 Å². The second-order valence-corrected chi connectivity index (χ2v) is 6.09. The van der Waals surface area contributed by atoms with Gasteiger partial charge in [-0.25, -0.2) is 0 Å². The normalized spacial score (nSPS) is 20.2. The Bertz CT molecular complexity index is 774. The number of aromatic nitrogens is 2. The Hall–Kier alpha value is -2.74. The first kappa shape index (κ1) is 17.1. The molecule has 8 nitrogen and oxygen atoms in total. The van der Waals surface area contributed by atoms with E-state index in [2.05, 4.69) is 15.5 Å². The molecule has 1 fully saturated rings. The third-order valence-corrected chi connectivity index (χ3v) is 4.39. The summed E-state index contributed by atoms with van der Waals surface area (Å²) in [6.45, 7) is 2.64. The molecule has 1 saturated heterocycles. The zero-order valence-electron chi connectivity index (χ0n) is 13.9. The van der Waals surface area contributed by atoms with E-state index < -0.39 is 4.92 Å². The SMILES string of the molecule is CCC1CC(C(=O)Nc2cc(-c3cccc([N+](=O)[O-])c3)[nH]n2)CCO1. The van der Waals surface area contributed by atoms with Crippen LogP contribution in [0.25, 0.3) is 11.3 Å². The lowest BCUT2D eigenvalue weighted by Gasteiger charge is -2.27. The van der Waals surface area contributed by atoms with Crippen molar-refractivity contribution in [1.29, 1.82) is 0 Å². The van der Waals surface area contributed by atoms with Crippen LogP contribution >= 0.6 is 0 Å². The number of carbonyl (C=O) groups excluding carboxylic acids is 1. The fourth-order valence-electron chi connectivity index (χ4n) is 2.95. The van der Waals surface area contributed by atoms with Crippen molar-refractivity contribution >= 4 is 17.4 Å². The van der Waals surface area contributed by atoms with E-state index in [1.54, 1.807) is 18.2 Å². The monoisotopic (exact) mass is 344 g/mol. The van der Waals surface area contributed by atoms with Crippen molar-refractivity contribution in [2.45, 2.75) is 32.3 Å². The minimum absolute atomic E-state index is 0.00509. The summed E-state index contributed by atoms with van der Waals surface area (Å²) in [5, 5.41) is 20.6. The average Bonchev–Trinajstić information content (AvgIpc) is 3.10. The van der Waals surface area contributed by atoms with E-state index in [-0.39, 0.29) is 23.6 Å². The number of nitrogens with one attached hydrogen (secondary N) is 2. The van der Waals surface area contributed by atoms with Crippen LogP contribution in [0.1, 0.15) is 26.2 Å². The maximum atomic E-state index is 12.4. The van der Waals surface area contributed by atoms with E-state index in [4.69, 9.17) is 4.74 Å². The molecule has 8 heteroatoms. The molecule has 0 bridgehead atoms. The van der Waals surface area contributed by atoms with Gasteiger partial charge in [-0.2, -0.15) is 5.10 Å². The van der Waals surface area contributed by atoms with Gasteiger partial charge in [0.15, 0.2) is 5.82 Å². The molecule has 0 radical (unpaired) electrons. The summed E-state index contributed by atoms with van der Waals surface area (Å²) in [7, 11) is 0. The summed E-state index contributed by atoms with van der Waals surface area (Å²) < 4.78 is 5.59. The molecular weight excluding hydrogens is 324 g/mol. The van der Waals surface area contributed by atoms with E-state index in [1.807, 2.05) is 6.92 Å². The number of nitro groups is 1. The van der Waals surface area contributed by atoms with E-state index >= 15 is 0 Å². The zero-order chi connectivity index (χ0) is 17.8. The van der Waals surface area contributed by atoms with E-state index in [1.165, 1.54) is 12.1 Å². The number of ether oxygens (including phenoxy) is 1. The summed E-state index contributed by atoms with van der Waals surface area (Å²) in [5.41, 5.74) is 1.25. The number of benzene rings is 1. The topological polar surface area (TPSA) is 110 Å². The minimum atomic E-state index is -0.447. The highest BCUT2D eigenvalue weighted by Gasteiger charge is 2.27. The van der Waals surface area contributed by atoms with E-state index in [0.29, 0.717) is 36.5 Å². The van der Waals surface area contributed by atoms with Crippen molar-refractivity contribution in [2.75, 3.05) is 11.9 Å². The maximum Gasteiger partial charge on any atom is 0.270 e. The van der Waals surface area contributed by atoms with Crippen molar-refractivity contribution in [3.63, 3.8) is 0 Å². The first-order valence-corrected chi connectivity index (χ1v) is 8.29. The number of rotatable bonds is 5. The number of nitrogens with zero attached hydrogens (tertiary/aromatic N) is 2. The summed E-state index contributed by atoms with van der Waals surface area (Å²) in [6.07, 6.45) is 2.43. The smallest absolute Gasteiger partial charge is 0.270 e. The number of non-ortho nitro benzene ring substituents is 1. The number of carbonyl (C=O) groups is 1. The Morgan fingerprint density at radius 2 is 2.32 bits per heavy atom. The van der Waals surface area contributed by atoms with Gasteiger partial charge in [0.25, 0.3) is 5.69 Å². The molecule has 2 N–H and O–H groups in total. The zero-order valence-corrected chi connectivity index (χ0v) is 13.9. The van der Waals surface area contributed by atoms with Crippen molar-refractivity contribution in [3.8, 4) is 11.3 Å². The molecule has 2 heterocycles. The largest absolute Gasteiger partial charge is 0.378 e. The first-order chi connectivity index (χ1) is 12.1. The number of H-pyrrole nitrogens is 1. The molecule has 0 saturated carbocycles. The van der Waals surface area contributed by atoms with Gasteiger partial charge in [-0.3, -0.25) is 20.0 Å². The quantitative estimate of drug-likeness (QED) is 0.639. The van der Waals surface area contributed by atoms with Crippen molar-refractivity contribution in [3.05, 3.63) is 40.4 Å². The third kappa shape index (κ3) is 4.03. The highest BCUT2D eigenvalue weighted by molar-refractivity contribution is 5.92. The molecule has 3 rings (SSSR count). The Morgan fingerprint density at radius 3 is 3.08 bits per heavy atom. The number of hydrogen-bond donors (Lipinski definition) is 2. The molecule has 132 valence electrons. The molecule has 2 atom stereocenters. The van der Waals surface area contributed by atoms with E-state index in [9.17, 15) is 14.9 Å². The predicted molar refractivity (Wildman–Crippen MR) is 92.1 cm³/mol. The summed E-state index contributed by atoms with van der Waals surface area (Å²) in [5.74, 6) is 0.251. The van der Waals surface area contributed by atoms with Crippen molar-refractivity contribution in [1.82, 2.24) is 10.2 Å². The lowest BCUT2D eigenvalue weighted by Crippen LogP contribution is -2.33. The molecule has 2 unspecified atom stereocenters. The second-order valence-electron chi connectivity index (χ2n) is 6.09. The highest BCUT2D eigenvalue weighted by Crippen LogP contribution is 2.26. The Balaban J connectivity index is 1.68. The number of amides is 1. The highest BCUT2D eigenvalue weighted by atomic mass is 16.6. The molecular formula is C17H20N4O4. The molecule has 1 aromatic heterocycles. The fourth-order valence-corrected chi connectivity index (χ4v) is 2.95. The Labute approximate surface area is 144 Å². The number of anilines is 1. The predicted octanol–water partition coefficient (Wildman–Crippen LogP) is 3.13. The van der Waals surface area contributed by atoms with Gasteiger partial charge >= 0.3 is 0 Å². The average molecular weight is 344 g/mol. The fraction of sp³-hybridized carbons (Fsp3) is 0.412. The van der Waals surface area contributed by atoms with Gasteiger partial charge in [-0.15, -0.1) is 0 Å². The van der Waals surface area contributed by atoms with Crippen LogP contribution in [0, 0.1) is 16.0 Å². The van der Waals surface area contributed by atoms with Crippen LogP contribution in [0.2, 0.25) is 0 Å². The third-order valence-electron chi connectivity index (χ3n) is 4.39. The van der Waals surface area contributed by atoms with Gasteiger partial charge in [0, 0.05) is 36.3 Å². The maximum absolute atomic E-state index is 12.4. The second kappa shape index (κ2) is 7.43. The number of nitro benzene ring substituents is 1. The number of aromatic amines is 1. The van der Waals surface area contributed by atoms with Crippen LogP contribution in [0.15, 0.2) is 30.3 Å². The van der Waals surface area contributed by atoms with Crippen molar-refractivity contribution in [2.24, 2.45) is 5.92 Å². The number of hydrogen-bond acceptors (Lipinski definition) is 5. The standard InChI is InChI=1S/C17H20N4O4/c1-2-14-9-12(6-7-25-14)17(22)18-16-10-15(19-20-16)11-4-3-5-13(8-11)21(23)24/h3-5,8,10,12,14H,2,6-7,9H2,1H3,(H2,18,19,20,22). The molecule has 1 amide bonds. The Kier molecular flexibility index (Phi) is 5.08. The van der Waals surface area contributed by atoms with Crippen LogP contribution in [0.3, 0.4) is 0 Å². The van der Waals surface area contributed by atoms with Gasteiger partial charge < -0.3 is 10.1 Å². The lowest BCUT2D eigenvalue weighted by atomic mass is 9.93. The van der Waals surface area contributed by atoms with Crippen molar-refractivity contribution < 1.29 is 14.5 Å². The van der Waals surface area contributed by atoms with Crippen LogP contribution in [-0.4, -0.2) is 33.7 Å². The van der Waals surface area contributed by atoms with Gasteiger partial charge in [-0.05, 0) is 19.3 Å². The molecule has 2 aromatic rings. The molecule has 25 heavy (non-hydrogen) atoms. The summed E-state index contributed by atoms with van der Waals surface area (Å²) in [4.78, 5) is 22.8. The minimum Gasteiger partial charge on any atom is -0.378 e. The van der Waals surface area contributed by atoms with Crippen LogP contribution in [-0.2, 0) is 9.53 Å². The van der Waals surface area contributed by atoms with Crippen LogP contribution in [0.5, 0.6) is 0 Å². The molecule has 1 aliphatic rings. The van der Waals surface area contributed by atoms with Gasteiger partial charge in [-0.1, -0.05) is 19.1 Å². The van der Waals surface area contributed by atoms with E-state index in [0.717, 1.165) is 6.42 Å². The van der Waals surface area contributed by atoms with Crippen LogP contribution in [0.4, 0.5) is 11.5 Å². The lowest BCUT2D eigenvalue weighted by molar-refractivity contribution is -0.384. The molecule has 0 aliphatic carbocycles. The Morgan fingerprint density at radius 1 is 1.48 bits per heavy atom. The molecule has 0 spiro atoms. The van der Waals surface area contributed by atoms with Crippen LogP contribution < -0.4 is 5.32 Å².